The summed E-state index contributed by atoms with van der Waals surface area (Å²) in [5.41, 5.74) is 3.11. The van der Waals surface area contributed by atoms with Crippen LogP contribution >= 0.6 is 11.3 Å². The smallest absolute Gasteiger partial charge is 0.300 e. The van der Waals surface area contributed by atoms with Crippen molar-refractivity contribution in [3.8, 4) is 5.75 Å². The number of rotatable bonds is 6. The van der Waals surface area contributed by atoms with Gasteiger partial charge in [-0.25, -0.2) is 0 Å². The third kappa shape index (κ3) is 3.94. The lowest BCUT2D eigenvalue weighted by atomic mass is 9.98. The molecule has 0 aliphatic carbocycles. The SMILES string of the molecule is CCCOc1cccc(/C(O)=C2/C(=O)C(=O)N(c3cccc(C)c3)C2c2sccc2C)c1. The molecule has 4 rings (SSSR count). The number of hydrogen-bond donors (Lipinski definition) is 1. The fraction of sp³-hybridized carbons (Fsp3) is 0.231. The fourth-order valence-electron chi connectivity index (χ4n) is 3.90. The van der Waals surface area contributed by atoms with Crippen molar-refractivity contribution in [3.05, 3.63) is 87.1 Å². The molecule has 1 atom stereocenters. The standard InChI is InChI=1S/C26H25NO4S/c1-4-12-31-20-10-6-8-18(15-20)23(28)21-22(25-17(3)11-13-32-25)27(26(30)24(21)29)19-9-5-7-16(2)14-19/h5-11,13-15,22,28H,4,12H2,1-3H3/b23-21-. The van der Waals surface area contributed by atoms with E-state index in [2.05, 4.69) is 0 Å². The molecule has 1 saturated heterocycles. The van der Waals surface area contributed by atoms with E-state index in [1.54, 1.807) is 24.3 Å². The number of aliphatic hydroxyl groups is 1. The Balaban J connectivity index is 1.89. The van der Waals surface area contributed by atoms with E-state index in [0.717, 1.165) is 22.4 Å². The van der Waals surface area contributed by atoms with Crippen molar-refractivity contribution < 1.29 is 19.4 Å². The number of hydrogen-bond acceptors (Lipinski definition) is 5. The highest BCUT2D eigenvalue weighted by molar-refractivity contribution is 7.10. The summed E-state index contributed by atoms with van der Waals surface area (Å²) in [6.45, 7) is 6.45. The minimum Gasteiger partial charge on any atom is -0.507 e. The quantitative estimate of drug-likeness (QED) is 0.295. The fourth-order valence-corrected chi connectivity index (χ4v) is 4.92. The number of ether oxygens (including phenoxy) is 1. The molecule has 0 bridgehead atoms. The first-order valence-electron chi connectivity index (χ1n) is 10.6. The maximum atomic E-state index is 13.2. The summed E-state index contributed by atoms with van der Waals surface area (Å²) in [6.07, 6.45) is 0.857. The normalized spacial score (nSPS) is 17.7. The first-order chi connectivity index (χ1) is 15.4. The third-order valence-electron chi connectivity index (χ3n) is 5.45. The number of anilines is 1. The number of aryl methyl sites for hydroxylation is 2. The molecular formula is C26H25NO4S. The Morgan fingerprint density at radius 2 is 1.88 bits per heavy atom. The van der Waals surface area contributed by atoms with Crippen molar-refractivity contribution in [2.24, 2.45) is 0 Å². The number of ketones is 1. The Kier molecular flexibility index (Phi) is 6.15. The molecule has 2 aromatic carbocycles. The summed E-state index contributed by atoms with van der Waals surface area (Å²) < 4.78 is 5.68. The van der Waals surface area contributed by atoms with E-state index in [9.17, 15) is 14.7 Å². The zero-order valence-electron chi connectivity index (χ0n) is 18.3. The molecule has 0 spiro atoms. The number of benzene rings is 2. The molecule has 5 nitrogen and oxygen atoms in total. The molecule has 3 aromatic rings. The Morgan fingerprint density at radius 1 is 1.09 bits per heavy atom. The van der Waals surface area contributed by atoms with Crippen molar-refractivity contribution >= 4 is 34.5 Å². The molecule has 0 saturated carbocycles. The van der Waals surface area contributed by atoms with Gasteiger partial charge in [0.05, 0.1) is 12.2 Å². The second kappa shape index (κ2) is 9.01. The number of amides is 1. The van der Waals surface area contributed by atoms with Crippen LogP contribution in [-0.4, -0.2) is 23.4 Å². The highest BCUT2D eigenvalue weighted by Crippen LogP contribution is 2.45. The lowest BCUT2D eigenvalue weighted by Gasteiger charge is -2.25. The second-order valence-electron chi connectivity index (χ2n) is 7.85. The third-order valence-corrected chi connectivity index (χ3v) is 6.53. The maximum Gasteiger partial charge on any atom is 0.300 e. The highest BCUT2D eigenvalue weighted by Gasteiger charge is 2.47. The predicted octanol–water partition coefficient (Wildman–Crippen LogP) is 5.78. The van der Waals surface area contributed by atoms with E-state index in [1.165, 1.54) is 16.2 Å². The van der Waals surface area contributed by atoms with Gasteiger partial charge in [-0.3, -0.25) is 14.5 Å². The lowest BCUT2D eigenvalue weighted by molar-refractivity contribution is -0.132. The molecule has 1 aromatic heterocycles. The van der Waals surface area contributed by atoms with E-state index in [0.29, 0.717) is 23.6 Å². The molecule has 164 valence electrons. The topological polar surface area (TPSA) is 66.8 Å². The van der Waals surface area contributed by atoms with Gasteiger partial charge in [0.2, 0.25) is 0 Å². The van der Waals surface area contributed by atoms with Gasteiger partial charge in [-0.15, -0.1) is 11.3 Å². The number of carbonyl (C=O) groups is 2. The van der Waals surface area contributed by atoms with Crippen LogP contribution in [0.4, 0.5) is 5.69 Å². The van der Waals surface area contributed by atoms with Gasteiger partial charge < -0.3 is 9.84 Å². The van der Waals surface area contributed by atoms with Crippen LogP contribution in [0.3, 0.4) is 0 Å². The molecule has 1 amide bonds. The molecule has 6 heteroatoms. The molecule has 1 unspecified atom stereocenters. The summed E-state index contributed by atoms with van der Waals surface area (Å²) in [5, 5.41) is 13.2. The van der Waals surface area contributed by atoms with Gasteiger partial charge in [-0.2, -0.15) is 0 Å². The molecule has 1 aliphatic heterocycles. The highest BCUT2D eigenvalue weighted by atomic mass is 32.1. The van der Waals surface area contributed by atoms with Crippen LogP contribution in [0.25, 0.3) is 5.76 Å². The molecule has 1 aliphatic rings. The molecular weight excluding hydrogens is 422 g/mol. The van der Waals surface area contributed by atoms with Gasteiger partial charge in [0, 0.05) is 16.1 Å². The van der Waals surface area contributed by atoms with Crippen LogP contribution in [0, 0.1) is 13.8 Å². The summed E-state index contributed by atoms with van der Waals surface area (Å²) in [6, 6.07) is 15.7. The Hall–Kier alpha value is -3.38. The van der Waals surface area contributed by atoms with Crippen molar-refractivity contribution in [1.29, 1.82) is 0 Å². The summed E-state index contributed by atoms with van der Waals surface area (Å²) >= 11 is 1.47. The molecule has 1 fully saturated rings. The number of aliphatic hydroxyl groups excluding tert-OH is 1. The average Bonchev–Trinajstić information content (AvgIpc) is 3.32. The Morgan fingerprint density at radius 3 is 2.56 bits per heavy atom. The minimum atomic E-state index is -0.697. The van der Waals surface area contributed by atoms with Crippen LogP contribution in [0.5, 0.6) is 5.75 Å². The van der Waals surface area contributed by atoms with Crippen molar-refractivity contribution in [2.45, 2.75) is 33.2 Å². The number of nitrogens with zero attached hydrogens (tertiary/aromatic N) is 1. The first-order valence-corrected chi connectivity index (χ1v) is 11.4. The number of carbonyl (C=O) groups excluding carboxylic acids is 2. The van der Waals surface area contributed by atoms with Crippen molar-refractivity contribution in [3.63, 3.8) is 0 Å². The summed E-state index contributed by atoms with van der Waals surface area (Å²) in [7, 11) is 0. The van der Waals surface area contributed by atoms with Crippen molar-refractivity contribution in [2.75, 3.05) is 11.5 Å². The Bertz CT molecular complexity index is 1210. The molecule has 1 N–H and O–H groups in total. The molecule has 0 radical (unpaired) electrons. The van der Waals surface area contributed by atoms with Gasteiger partial charge in [0.25, 0.3) is 11.7 Å². The van der Waals surface area contributed by atoms with Gasteiger partial charge in [-0.1, -0.05) is 31.2 Å². The van der Waals surface area contributed by atoms with Crippen LogP contribution in [0.1, 0.15) is 41.0 Å². The first kappa shape index (κ1) is 21.8. The van der Waals surface area contributed by atoms with E-state index in [1.807, 2.05) is 56.5 Å². The van der Waals surface area contributed by atoms with Gasteiger partial charge in [0.1, 0.15) is 17.6 Å². The summed E-state index contributed by atoms with van der Waals surface area (Å²) in [4.78, 5) is 28.8. The summed E-state index contributed by atoms with van der Waals surface area (Å²) in [5.74, 6) is -0.930. The van der Waals surface area contributed by atoms with Gasteiger partial charge in [-0.05, 0) is 67.1 Å². The van der Waals surface area contributed by atoms with E-state index in [-0.39, 0.29) is 11.3 Å². The van der Waals surface area contributed by atoms with Gasteiger partial charge in [0.15, 0.2) is 0 Å². The average molecular weight is 448 g/mol. The predicted molar refractivity (Wildman–Crippen MR) is 127 cm³/mol. The second-order valence-corrected chi connectivity index (χ2v) is 8.80. The van der Waals surface area contributed by atoms with Crippen LogP contribution in [0.2, 0.25) is 0 Å². The van der Waals surface area contributed by atoms with E-state index < -0.39 is 17.7 Å². The van der Waals surface area contributed by atoms with Crippen LogP contribution in [-0.2, 0) is 9.59 Å². The van der Waals surface area contributed by atoms with E-state index >= 15 is 0 Å². The van der Waals surface area contributed by atoms with Crippen molar-refractivity contribution in [1.82, 2.24) is 0 Å². The molecule has 32 heavy (non-hydrogen) atoms. The number of Topliss-reactive ketones (excluding diaryl/α,β-unsaturated/α-hetero) is 1. The maximum absolute atomic E-state index is 13.2. The Labute approximate surface area is 191 Å². The van der Waals surface area contributed by atoms with Crippen LogP contribution < -0.4 is 9.64 Å². The largest absolute Gasteiger partial charge is 0.507 e. The lowest BCUT2D eigenvalue weighted by Crippen LogP contribution is -2.29. The van der Waals surface area contributed by atoms with Crippen LogP contribution in [0.15, 0.2) is 65.6 Å². The number of thiophene rings is 1. The van der Waals surface area contributed by atoms with E-state index in [4.69, 9.17) is 4.74 Å². The monoisotopic (exact) mass is 447 g/mol. The molecule has 2 heterocycles. The zero-order valence-corrected chi connectivity index (χ0v) is 19.1. The minimum absolute atomic E-state index is 0.0923. The van der Waals surface area contributed by atoms with Gasteiger partial charge >= 0.3 is 0 Å². The zero-order chi connectivity index (χ0) is 22.8.